The average molecular weight is 935 g/mol. The summed E-state index contributed by atoms with van der Waals surface area (Å²) >= 11 is 0. The number of benzene rings is 1. The number of hydrogen-bond donors (Lipinski definition) is 7. The molecule has 4 saturated carbocycles. The van der Waals surface area contributed by atoms with Gasteiger partial charge in [0, 0.05) is 13.0 Å². The molecule has 2 bridgehead atoms. The van der Waals surface area contributed by atoms with Gasteiger partial charge in [0.2, 0.25) is 29.5 Å². The van der Waals surface area contributed by atoms with Crippen LogP contribution in [0.2, 0.25) is 0 Å². The lowest BCUT2D eigenvalue weighted by molar-refractivity contribution is -0.199. The molecule has 4 aliphatic carbocycles. The lowest BCUT2D eigenvalue weighted by Crippen LogP contribution is -2.65. The Balaban J connectivity index is 1.14. The molecule has 0 spiro atoms. The number of nitrogens with two attached hydrogens (primary N) is 1. The summed E-state index contributed by atoms with van der Waals surface area (Å²) in [6, 6.07) is 2.80. The van der Waals surface area contributed by atoms with Crippen molar-refractivity contribution in [1.82, 2.24) is 26.2 Å². The van der Waals surface area contributed by atoms with E-state index in [1.54, 1.807) is 27.7 Å². The van der Waals surface area contributed by atoms with Crippen LogP contribution in [-0.2, 0) is 49.3 Å². The van der Waals surface area contributed by atoms with Crippen molar-refractivity contribution in [2.24, 2.45) is 34.8 Å². The molecule has 67 heavy (non-hydrogen) atoms. The number of carbonyl (C=O) groups is 7. The van der Waals surface area contributed by atoms with Gasteiger partial charge in [-0.2, -0.15) is 0 Å². The monoisotopic (exact) mass is 935 g/mol. The third-order valence-corrected chi connectivity index (χ3v) is 15.8. The van der Waals surface area contributed by atoms with Gasteiger partial charge in [-0.1, -0.05) is 85.1 Å². The van der Waals surface area contributed by atoms with E-state index in [-0.39, 0.29) is 23.8 Å². The fourth-order valence-corrected chi connectivity index (χ4v) is 11.5. The number of carboxylic acid groups (broad SMARTS) is 2. The molecule has 7 rings (SSSR count). The predicted molar refractivity (Wildman–Crippen MR) is 250 cm³/mol. The van der Waals surface area contributed by atoms with Gasteiger partial charge in [0.05, 0.1) is 30.1 Å². The fraction of sp³-hybridized carbons (Fsp3) is 0.735. The number of carbonyl (C=O) groups excluding carboxylic acids is 5. The number of rotatable bonds is 21. The Morgan fingerprint density at radius 3 is 2.06 bits per heavy atom. The Labute approximate surface area is 395 Å². The van der Waals surface area contributed by atoms with E-state index in [0.29, 0.717) is 50.0 Å². The Morgan fingerprint density at radius 2 is 1.45 bits per heavy atom. The van der Waals surface area contributed by atoms with Gasteiger partial charge in [-0.15, -0.1) is 0 Å². The SMILES string of the molecule is CC(C)[C@H](NC(=O)[C@H](CCC(=O)O)NC(=O)[C@@H](N)CC(=O)O)C(=O)N[C@H](C(=O)N1CCC[C@@H]1C(=O)N[C@@H](CCc1ccc(C2CCCCC2)cc1)B1O[C@@H]2C[C@@H]3C[C@@H](C3(C)C)[C@]2(C)O1)C(C)C. The van der Waals surface area contributed by atoms with Crippen molar-refractivity contribution < 1.29 is 53.1 Å². The number of carboxylic acids is 2. The first-order valence-electron chi connectivity index (χ1n) is 24.7. The second-order valence-corrected chi connectivity index (χ2v) is 21.4. The highest BCUT2D eigenvalue weighted by atomic mass is 16.7. The van der Waals surface area contributed by atoms with Crippen molar-refractivity contribution in [3.63, 3.8) is 0 Å². The highest BCUT2D eigenvalue weighted by Crippen LogP contribution is 2.65. The molecular formula is C49H75BN6O11. The molecule has 18 heteroatoms. The minimum absolute atomic E-state index is 0.0839. The molecular weight excluding hydrogens is 859 g/mol. The van der Waals surface area contributed by atoms with Gasteiger partial charge in [-0.3, -0.25) is 33.6 Å². The second kappa shape index (κ2) is 21.8. The lowest BCUT2D eigenvalue weighted by Gasteiger charge is -2.64. The van der Waals surface area contributed by atoms with E-state index in [1.807, 2.05) is 0 Å². The third kappa shape index (κ3) is 12.0. The van der Waals surface area contributed by atoms with Gasteiger partial charge in [-0.25, -0.2) is 0 Å². The number of nitrogens with one attached hydrogen (secondary N) is 4. The van der Waals surface area contributed by atoms with Crippen LogP contribution in [0.5, 0.6) is 0 Å². The second-order valence-electron chi connectivity index (χ2n) is 21.4. The first kappa shape index (κ1) is 51.8. The van der Waals surface area contributed by atoms with Crippen molar-refractivity contribution in [2.45, 2.75) is 192 Å². The van der Waals surface area contributed by atoms with Gasteiger partial charge in [0.1, 0.15) is 24.2 Å². The van der Waals surface area contributed by atoms with Crippen molar-refractivity contribution in [3.8, 4) is 0 Å². The highest BCUT2D eigenvalue weighted by molar-refractivity contribution is 6.48. The van der Waals surface area contributed by atoms with Crippen LogP contribution in [0.3, 0.4) is 0 Å². The third-order valence-electron chi connectivity index (χ3n) is 15.8. The minimum atomic E-state index is -1.51. The largest absolute Gasteiger partial charge is 0.481 e. The highest BCUT2D eigenvalue weighted by Gasteiger charge is 2.68. The zero-order valence-corrected chi connectivity index (χ0v) is 40.5. The van der Waals surface area contributed by atoms with Gasteiger partial charge in [-0.05, 0) is 111 Å². The number of amides is 5. The molecule has 6 fully saturated rings. The normalized spacial score (nSPS) is 26.7. The van der Waals surface area contributed by atoms with Crippen LogP contribution in [0.25, 0.3) is 0 Å². The first-order valence-corrected chi connectivity index (χ1v) is 24.7. The van der Waals surface area contributed by atoms with Crippen LogP contribution in [0, 0.1) is 29.1 Å². The van der Waals surface area contributed by atoms with Crippen LogP contribution in [0.4, 0.5) is 0 Å². The Morgan fingerprint density at radius 1 is 0.791 bits per heavy atom. The van der Waals surface area contributed by atoms with Crippen molar-refractivity contribution in [2.75, 3.05) is 6.54 Å². The molecule has 2 heterocycles. The van der Waals surface area contributed by atoms with Crippen molar-refractivity contribution in [1.29, 1.82) is 0 Å². The standard InChI is InChI=1S/C49H75BN6O11/c1-27(2)41(54-44(62)34(20-22-39(57)58)52-43(61)33(51)26-40(59)60)46(64)55-42(28(3)4)47(65)56-23-11-14-35(56)45(63)53-38(21-17-29-15-18-31(19-16-29)30-12-9-8-10-13-30)50-66-37-25-32-24-36(48(32,5)6)49(37,7)67-50/h15-16,18-19,27-28,30,32-38,41-42H,8-14,17,20-26,51H2,1-7H3,(H,52,61)(H,53,63)(H,54,62)(H,55,64)(H,57,58)(H,59,60)/t32-,33-,34-,35+,36-,37+,38-,41-,42-,49-/m0/s1. The van der Waals surface area contributed by atoms with E-state index in [9.17, 15) is 38.7 Å². The summed E-state index contributed by atoms with van der Waals surface area (Å²) in [5.41, 5.74) is 7.88. The van der Waals surface area contributed by atoms with Crippen LogP contribution in [-0.4, -0.2) is 118 Å². The molecule has 1 aromatic carbocycles. The van der Waals surface area contributed by atoms with Crippen molar-refractivity contribution >= 4 is 48.6 Å². The van der Waals surface area contributed by atoms with E-state index < -0.39 is 109 Å². The molecule has 370 valence electrons. The number of hydrogen-bond acceptors (Lipinski definition) is 10. The summed E-state index contributed by atoms with van der Waals surface area (Å²) in [5.74, 6) is -5.88. The zero-order chi connectivity index (χ0) is 49.0. The van der Waals surface area contributed by atoms with Crippen LogP contribution in [0.15, 0.2) is 24.3 Å². The number of aliphatic carboxylic acids is 2. The van der Waals surface area contributed by atoms with Gasteiger partial charge in [0.25, 0.3) is 0 Å². The molecule has 10 atom stereocenters. The van der Waals surface area contributed by atoms with Crippen LogP contribution in [0.1, 0.15) is 149 Å². The average Bonchev–Trinajstić information content (AvgIpc) is 3.92. The van der Waals surface area contributed by atoms with Gasteiger partial charge < -0.3 is 51.4 Å². The maximum Gasteiger partial charge on any atom is 0.481 e. The Bertz CT molecular complexity index is 1980. The maximum absolute atomic E-state index is 14.5. The molecule has 1 aromatic rings. The van der Waals surface area contributed by atoms with E-state index in [4.69, 9.17) is 20.1 Å². The summed E-state index contributed by atoms with van der Waals surface area (Å²) in [4.78, 5) is 93.4. The molecule has 0 aromatic heterocycles. The van der Waals surface area contributed by atoms with Crippen molar-refractivity contribution in [3.05, 3.63) is 35.4 Å². The number of nitrogens with zero attached hydrogens (tertiary/aromatic N) is 1. The summed E-state index contributed by atoms with van der Waals surface area (Å²) in [6.45, 7) is 14.0. The maximum atomic E-state index is 14.5. The first-order chi connectivity index (χ1) is 31.6. The molecule has 0 unspecified atom stereocenters. The summed E-state index contributed by atoms with van der Waals surface area (Å²) in [5, 5.41) is 29.4. The Kier molecular flexibility index (Phi) is 16.9. The van der Waals surface area contributed by atoms with Crippen LogP contribution >= 0.6 is 0 Å². The summed E-state index contributed by atoms with van der Waals surface area (Å²) < 4.78 is 13.7. The number of aryl methyl sites for hydroxylation is 1. The zero-order valence-electron chi connectivity index (χ0n) is 40.5. The molecule has 6 aliphatic rings. The lowest BCUT2D eigenvalue weighted by atomic mass is 9.43. The predicted octanol–water partition coefficient (Wildman–Crippen LogP) is 3.84. The molecule has 2 saturated heterocycles. The fourth-order valence-electron chi connectivity index (χ4n) is 11.5. The smallest absolute Gasteiger partial charge is 0.481 e. The van der Waals surface area contributed by atoms with E-state index in [1.165, 1.54) is 42.6 Å². The van der Waals surface area contributed by atoms with Gasteiger partial charge >= 0.3 is 19.1 Å². The van der Waals surface area contributed by atoms with E-state index >= 15 is 0 Å². The Hall–Kier alpha value is -4.55. The molecule has 17 nitrogen and oxygen atoms in total. The molecule has 2 aliphatic heterocycles. The van der Waals surface area contributed by atoms with E-state index in [0.717, 1.165) is 18.4 Å². The van der Waals surface area contributed by atoms with Gasteiger partial charge in [0.15, 0.2) is 0 Å². The number of likely N-dealkylation sites (tertiary alicyclic amines) is 1. The minimum Gasteiger partial charge on any atom is -0.481 e. The molecule has 8 N–H and O–H groups in total. The summed E-state index contributed by atoms with van der Waals surface area (Å²) in [6.07, 6.45) is 8.81. The van der Waals surface area contributed by atoms with Crippen LogP contribution < -0.4 is 27.0 Å². The van der Waals surface area contributed by atoms with E-state index in [2.05, 4.69) is 66.3 Å². The topological polar surface area (TPSA) is 256 Å². The summed E-state index contributed by atoms with van der Waals surface area (Å²) in [7, 11) is -0.675. The quantitative estimate of drug-likeness (QED) is 0.0869. The molecule has 5 amide bonds. The molecule has 0 radical (unpaired) electrons.